The van der Waals surface area contributed by atoms with Gasteiger partial charge in [0.25, 0.3) is 0 Å². The molecule has 0 aromatic carbocycles. The Morgan fingerprint density at radius 3 is 3.17 bits per heavy atom. The summed E-state index contributed by atoms with van der Waals surface area (Å²) in [6.07, 6.45) is 5.43. The van der Waals surface area contributed by atoms with Crippen LogP contribution in [0.5, 0.6) is 0 Å². The fourth-order valence-electron chi connectivity index (χ4n) is 2.93. The standard InChI is InChI=1S/C15H18N2S/c1-16-14(10-12-5-3-9-18-12)13-7-6-11-4-2-8-17-15(11)13/h2-5,8-9,13-14,16H,6-7,10H2,1H3. The molecule has 0 aliphatic heterocycles. The predicted molar refractivity (Wildman–Crippen MR) is 76.2 cm³/mol. The molecule has 18 heavy (non-hydrogen) atoms. The largest absolute Gasteiger partial charge is 0.316 e. The summed E-state index contributed by atoms with van der Waals surface area (Å²) in [5, 5.41) is 5.65. The first-order valence-electron chi connectivity index (χ1n) is 6.52. The average Bonchev–Trinajstić information content (AvgIpc) is 3.05. The lowest BCUT2D eigenvalue weighted by Crippen LogP contribution is -2.33. The summed E-state index contributed by atoms with van der Waals surface area (Å²) in [6.45, 7) is 0. The van der Waals surface area contributed by atoms with Crippen molar-refractivity contribution in [3.05, 3.63) is 52.0 Å². The normalized spacial score (nSPS) is 19.7. The van der Waals surface area contributed by atoms with Crippen molar-refractivity contribution in [1.29, 1.82) is 0 Å². The minimum absolute atomic E-state index is 0.500. The van der Waals surface area contributed by atoms with Gasteiger partial charge in [-0.15, -0.1) is 11.3 Å². The molecule has 94 valence electrons. The van der Waals surface area contributed by atoms with Crippen LogP contribution in [0.3, 0.4) is 0 Å². The Hall–Kier alpha value is -1.19. The zero-order chi connectivity index (χ0) is 12.4. The summed E-state index contributed by atoms with van der Waals surface area (Å²) in [5.41, 5.74) is 2.75. The van der Waals surface area contributed by atoms with E-state index in [0.717, 1.165) is 6.42 Å². The third kappa shape index (κ3) is 2.20. The Morgan fingerprint density at radius 2 is 2.39 bits per heavy atom. The van der Waals surface area contributed by atoms with Crippen LogP contribution < -0.4 is 5.32 Å². The van der Waals surface area contributed by atoms with Crippen molar-refractivity contribution in [2.24, 2.45) is 0 Å². The maximum absolute atomic E-state index is 4.60. The minimum atomic E-state index is 0.500. The van der Waals surface area contributed by atoms with Crippen LogP contribution in [0.15, 0.2) is 35.8 Å². The Labute approximate surface area is 112 Å². The molecule has 0 radical (unpaired) electrons. The number of hydrogen-bond donors (Lipinski definition) is 1. The highest BCUT2D eigenvalue weighted by Gasteiger charge is 2.30. The number of aromatic nitrogens is 1. The van der Waals surface area contributed by atoms with Gasteiger partial charge in [0.05, 0.1) is 0 Å². The van der Waals surface area contributed by atoms with E-state index in [2.05, 4.69) is 47.0 Å². The van der Waals surface area contributed by atoms with Crippen LogP contribution in [0.2, 0.25) is 0 Å². The molecule has 3 heteroatoms. The van der Waals surface area contributed by atoms with E-state index in [0.29, 0.717) is 12.0 Å². The first-order valence-corrected chi connectivity index (χ1v) is 7.40. The van der Waals surface area contributed by atoms with Crippen molar-refractivity contribution in [3.8, 4) is 0 Å². The van der Waals surface area contributed by atoms with Crippen LogP contribution >= 0.6 is 11.3 Å². The number of nitrogens with zero attached hydrogens (tertiary/aromatic N) is 1. The molecule has 2 nitrogen and oxygen atoms in total. The second kappa shape index (κ2) is 5.21. The first-order chi connectivity index (χ1) is 8.88. The number of rotatable bonds is 4. The maximum atomic E-state index is 4.60. The molecular weight excluding hydrogens is 240 g/mol. The van der Waals surface area contributed by atoms with E-state index in [1.807, 2.05) is 17.5 Å². The molecule has 1 aliphatic carbocycles. The van der Waals surface area contributed by atoms with Gasteiger partial charge in [0.15, 0.2) is 0 Å². The van der Waals surface area contributed by atoms with E-state index in [4.69, 9.17) is 0 Å². The molecule has 1 N–H and O–H groups in total. The molecule has 0 bridgehead atoms. The van der Waals surface area contributed by atoms with Crippen LogP contribution in [0.25, 0.3) is 0 Å². The summed E-state index contributed by atoms with van der Waals surface area (Å²) in [4.78, 5) is 6.06. The van der Waals surface area contributed by atoms with Gasteiger partial charge in [0, 0.05) is 28.7 Å². The Balaban J connectivity index is 1.81. The number of aryl methyl sites for hydroxylation is 1. The summed E-state index contributed by atoms with van der Waals surface area (Å²) in [7, 11) is 2.07. The highest BCUT2D eigenvalue weighted by atomic mass is 32.1. The maximum Gasteiger partial charge on any atom is 0.0482 e. The zero-order valence-corrected chi connectivity index (χ0v) is 11.4. The average molecular weight is 258 g/mol. The van der Waals surface area contributed by atoms with Gasteiger partial charge >= 0.3 is 0 Å². The SMILES string of the molecule is CNC(Cc1cccs1)C1CCc2cccnc21. The van der Waals surface area contributed by atoms with Gasteiger partial charge < -0.3 is 5.32 Å². The van der Waals surface area contributed by atoms with E-state index in [1.165, 1.54) is 29.0 Å². The van der Waals surface area contributed by atoms with Gasteiger partial charge in [0.1, 0.15) is 0 Å². The third-order valence-electron chi connectivity index (χ3n) is 3.86. The van der Waals surface area contributed by atoms with Crippen LogP contribution in [-0.4, -0.2) is 18.1 Å². The van der Waals surface area contributed by atoms with Crippen molar-refractivity contribution in [2.45, 2.75) is 31.2 Å². The van der Waals surface area contributed by atoms with E-state index in [-0.39, 0.29) is 0 Å². The first kappa shape index (κ1) is 11.9. The summed E-state index contributed by atoms with van der Waals surface area (Å²) in [6, 6.07) is 9.13. The van der Waals surface area contributed by atoms with Gasteiger partial charge in [-0.25, -0.2) is 0 Å². The molecule has 1 aliphatic rings. The number of pyridine rings is 1. The summed E-state index contributed by atoms with van der Waals surface area (Å²) >= 11 is 1.85. The minimum Gasteiger partial charge on any atom is -0.316 e. The van der Waals surface area contributed by atoms with Crippen molar-refractivity contribution >= 4 is 11.3 Å². The highest BCUT2D eigenvalue weighted by molar-refractivity contribution is 7.09. The monoisotopic (exact) mass is 258 g/mol. The van der Waals surface area contributed by atoms with Crippen molar-refractivity contribution < 1.29 is 0 Å². The second-order valence-electron chi connectivity index (χ2n) is 4.87. The third-order valence-corrected chi connectivity index (χ3v) is 4.76. The Morgan fingerprint density at radius 1 is 1.44 bits per heavy atom. The lowest BCUT2D eigenvalue weighted by atomic mass is 9.94. The lowest BCUT2D eigenvalue weighted by Gasteiger charge is -2.22. The lowest BCUT2D eigenvalue weighted by molar-refractivity contribution is 0.452. The van der Waals surface area contributed by atoms with E-state index < -0.39 is 0 Å². The van der Waals surface area contributed by atoms with E-state index in [1.54, 1.807) is 0 Å². The topological polar surface area (TPSA) is 24.9 Å². The van der Waals surface area contributed by atoms with Crippen LogP contribution in [0, 0.1) is 0 Å². The molecule has 0 spiro atoms. The molecule has 0 amide bonds. The number of thiophene rings is 1. The quantitative estimate of drug-likeness (QED) is 0.912. The summed E-state index contributed by atoms with van der Waals surface area (Å²) < 4.78 is 0. The molecular formula is C15H18N2S. The number of likely N-dealkylation sites (N-methyl/N-ethyl adjacent to an activating group) is 1. The van der Waals surface area contributed by atoms with Gasteiger partial charge in [0.2, 0.25) is 0 Å². The highest BCUT2D eigenvalue weighted by Crippen LogP contribution is 2.35. The smallest absolute Gasteiger partial charge is 0.0482 e. The Bertz CT molecular complexity index is 507. The van der Waals surface area contributed by atoms with E-state index >= 15 is 0 Å². The molecule has 0 saturated heterocycles. The van der Waals surface area contributed by atoms with Gasteiger partial charge in [-0.1, -0.05) is 12.1 Å². The Kier molecular flexibility index (Phi) is 3.43. The molecule has 2 unspecified atom stereocenters. The van der Waals surface area contributed by atoms with Gasteiger partial charge in [-0.2, -0.15) is 0 Å². The second-order valence-corrected chi connectivity index (χ2v) is 5.90. The van der Waals surface area contributed by atoms with Gasteiger partial charge in [-0.3, -0.25) is 4.98 Å². The number of nitrogens with one attached hydrogen (secondary N) is 1. The fourth-order valence-corrected chi connectivity index (χ4v) is 3.69. The fraction of sp³-hybridized carbons (Fsp3) is 0.400. The summed E-state index contributed by atoms with van der Waals surface area (Å²) in [5.74, 6) is 0.563. The van der Waals surface area contributed by atoms with Crippen molar-refractivity contribution in [1.82, 2.24) is 10.3 Å². The molecule has 2 aromatic heterocycles. The van der Waals surface area contributed by atoms with Crippen molar-refractivity contribution in [2.75, 3.05) is 7.05 Å². The molecule has 2 aromatic rings. The molecule has 0 saturated carbocycles. The molecule has 3 rings (SSSR count). The van der Waals surface area contributed by atoms with Crippen molar-refractivity contribution in [3.63, 3.8) is 0 Å². The van der Waals surface area contributed by atoms with Gasteiger partial charge in [-0.05, 0) is 49.4 Å². The van der Waals surface area contributed by atoms with E-state index in [9.17, 15) is 0 Å². The molecule has 2 atom stereocenters. The van der Waals surface area contributed by atoms with Crippen LogP contribution in [-0.2, 0) is 12.8 Å². The van der Waals surface area contributed by atoms with Crippen LogP contribution in [0.4, 0.5) is 0 Å². The van der Waals surface area contributed by atoms with Crippen LogP contribution in [0.1, 0.15) is 28.5 Å². The predicted octanol–water partition coefficient (Wildman–Crippen LogP) is 3.00. The molecule has 0 fully saturated rings. The number of fused-ring (bicyclic) bond motifs is 1. The molecule has 2 heterocycles. The number of hydrogen-bond acceptors (Lipinski definition) is 3. The zero-order valence-electron chi connectivity index (χ0n) is 10.6.